The Morgan fingerprint density at radius 1 is 1.58 bits per heavy atom. The summed E-state index contributed by atoms with van der Waals surface area (Å²) in [5.74, 6) is 2.01. The Kier molecular flexibility index (Phi) is 5.04. The zero-order chi connectivity index (χ0) is 8.81. The first-order valence-corrected chi connectivity index (χ1v) is 5.89. The molecule has 1 aliphatic heterocycles. The van der Waals surface area contributed by atoms with Crippen LogP contribution in [0.5, 0.6) is 0 Å². The van der Waals surface area contributed by atoms with Crippen LogP contribution in [0.2, 0.25) is 0 Å². The number of hydrogen-bond donors (Lipinski definition) is 1. The molecule has 0 aromatic carbocycles. The monoisotopic (exact) mass is 188 g/mol. The molecule has 0 aromatic rings. The second kappa shape index (κ2) is 5.84. The third kappa shape index (κ3) is 3.33. The summed E-state index contributed by atoms with van der Waals surface area (Å²) in [5.41, 5.74) is 5.66. The van der Waals surface area contributed by atoms with Crippen molar-refractivity contribution in [2.45, 2.75) is 26.2 Å². The van der Waals surface area contributed by atoms with Crippen LogP contribution >= 0.6 is 11.9 Å². The maximum atomic E-state index is 5.66. The van der Waals surface area contributed by atoms with E-state index >= 15 is 0 Å². The van der Waals surface area contributed by atoms with Crippen LogP contribution in [0.4, 0.5) is 0 Å². The van der Waals surface area contributed by atoms with Crippen molar-refractivity contribution in [3.63, 3.8) is 0 Å². The number of rotatable bonds is 4. The second-order valence-electron chi connectivity index (χ2n) is 3.47. The van der Waals surface area contributed by atoms with Gasteiger partial charge in [-0.1, -0.05) is 18.9 Å². The molecule has 0 spiro atoms. The molecule has 2 N–H and O–H groups in total. The van der Waals surface area contributed by atoms with E-state index in [9.17, 15) is 0 Å². The molecule has 1 fully saturated rings. The van der Waals surface area contributed by atoms with Gasteiger partial charge in [-0.15, -0.1) is 0 Å². The molecule has 0 aromatic heterocycles. The predicted molar refractivity (Wildman–Crippen MR) is 56.1 cm³/mol. The maximum absolute atomic E-state index is 5.66. The highest BCUT2D eigenvalue weighted by Crippen LogP contribution is 2.21. The quantitative estimate of drug-likeness (QED) is 0.681. The van der Waals surface area contributed by atoms with Crippen molar-refractivity contribution in [1.29, 1.82) is 0 Å². The van der Waals surface area contributed by atoms with Crippen molar-refractivity contribution < 1.29 is 0 Å². The fraction of sp³-hybridized carbons (Fsp3) is 1.00. The van der Waals surface area contributed by atoms with Crippen LogP contribution in [0, 0.1) is 5.92 Å². The molecule has 0 saturated carbocycles. The van der Waals surface area contributed by atoms with Gasteiger partial charge in [-0.2, -0.15) is 0 Å². The zero-order valence-electron chi connectivity index (χ0n) is 7.96. The van der Waals surface area contributed by atoms with Crippen LogP contribution in [0.1, 0.15) is 26.2 Å². The Hall–Kier alpha value is 0.270. The summed E-state index contributed by atoms with van der Waals surface area (Å²) in [6.45, 7) is 5.57. The fourth-order valence-corrected chi connectivity index (χ4v) is 2.57. The molecule has 12 heavy (non-hydrogen) atoms. The van der Waals surface area contributed by atoms with Gasteiger partial charge in [0.15, 0.2) is 0 Å². The fourth-order valence-electron chi connectivity index (χ4n) is 1.56. The van der Waals surface area contributed by atoms with Crippen LogP contribution in [0.3, 0.4) is 0 Å². The Labute approximate surface area is 80.0 Å². The van der Waals surface area contributed by atoms with Crippen LogP contribution in [0.15, 0.2) is 0 Å². The molecule has 1 rings (SSSR count). The van der Waals surface area contributed by atoms with Crippen molar-refractivity contribution >= 4 is 11.9 Å². The first kappa shape index (κ1) is 10.4. The summed E-state index contributed by atoms with van der Waals surface area (Å²) in [6, 6.07) is 0. The molecular formula is C9H20N2S. The van der Waals surface area contributed by atoms with Gasteiger partial charge in [-0.05, 0) is 31.7 Å². The number of hydrogen-bond acceptors (Lipinski definition) is 3. The van der Waals surface area contributed by atoms with Crippen molar-refractivity contribution in [3.8, 4) is 0 Å². The Bertz CT molecular complexity index is 119. The van der Waals surface area contributed by atoms with E-state index in [2.05, 4.69) is 11.2 Å². The minimum Gasteiger partial charge on any atom is -0.330 e. The van der Waals surface area contributed by atoms with E-state index in [4.69, 9.17) is 5.73 Å². The van der Waals surface area contributed by atoms with Gasteiger partial charge < -0.3 is 5.73 Å². The first-order valence-electron chi connectivity index (χ1n) is 4.94. The summed E-state index contributed by atoms with van der Waals surface area (Å²) < 4.78 is 2.49. The van der Waals surface area contributed by atoms with Gasteiger partial charge in [0.1, 0.15) is 0 Å². The largest absolute Gasteiger partial charge is 0.330 e. The van der Waals surface area contributed by atoms with E-state index in [1.807, 2.05) is 11.9 Å². The van der Waals surface area contributed by atoms with Crippen molar-refractivity contribution in [3.05, 3.63) is 0 Å². The van der Waals surface area contributed by atoms with Gasteiger partial charge in [0, 0.05) is 18.8 Å². The predicted octanol–water partition coefficient (Wildman–Crippen LogP) is 1.72. The molecule has 0 radical (unpaired) electrons. The minimum atomic E-state index is 0.753. The molecule has 1 atom stereocenters. The van der Waals surface area contributed by atoms with Crippen LogP contribution < -0.4 is 5.73 Å². The highest BCUT2D eigenvalue weighted by molar-refractivity contribution is 7.97. The lowest BCUT2D eigenvalue weighted by Crippen LogP contribution is -2.34. The molecular weight excluding hydrogens is 168 g/mol. The van der Waals surface area contributed by atoms with Gasteiger partial charge >= 0.3 is 0 Å². The standard InChI is InChI=1S/C9H20N2S/c1-2-6-12-11-5-3-4-9(7-10)8-11/h9H,2-8,10H2,1H3. The second-order valence-corrected chi connectivity index (χ2v) is 4.65. The van der Waals surface area contributed by atoms with Gasteiger partial charge in [-0.25, -0.2) is 0 Å². The highest BCUT2D eigenvalue weighted by atomic mass is 32.2. The maximum Gasteiger partial charge on any atom is 0.0130 e. The number of nitrogens with zero attached hydrogens (tertiary/aromatic N) is 1. The Balaban J connectivity index is 2.16. The molecule has 1 aliphatic rings. The van der Waals surface area contributed by atoms with Crippen LogP contribution in [0.25, 0.3) is 0 Å². The Morgan fingerprint density at radius 3 is 3.08 bits per heavy atom. The van der Waals surface area contributed by atoms with Crippen molar-refractivity contribution in [2.24, 2.45) is 11.7 Å². The van der Waals surface area contributed by atoms with E-state index < -0.39 is 0 Å². The zero-order valence-corrected chi connectivity index (χ0v) is 8.78. The lowest BCUT2D eigenvalue weighted by molar-refractivity contribution is 0.290. The number of nitrogens with two attached hydrogens (primary N) is 1. The molecule has 2 nitrogen and oxygen atoms in total. The highest BCUT2D eigenvalue weighted by Gasteiger charge is 2.18. The molecule has 0 aliphatic carbocycles. The van der Waals surface area contributed by atoms with Crippen LogP contribution in [-0.2, 0) is 0 Å². The summed E-state index contributed by atoms with van der Waals surface area (Å²) >= 11 is 1.99. The average Bonchev–Trinajstić information content (AvgIpc) is 2.15. The summed E-state index contributed by atoms with van der Waals surface area (Å²) in [5, 5.41) is 0. The first-order chi connectivity index (χ1) is 5.86. The summed E-state index contributed by atoms with van der Waals surface area (Å²) in [7, 11) is 0. The molecule has 0 amide bonds. The lowest BCUT2D eigenvalue weighted by atomic mass is 10.0. The Morgan fingerprint density at radius 2 is 2.42 bits per heavy atom. The van der Waals surface area contributed by atoms with Gasteiger partial charge in [0.2, 0.25) is 0 Å². The third-order valence-corrected chi connectivity index (χ3v) is 3.58. The van der Waals surface area contributed by atoms with Gasteiger partial charge in [0.25, 0.3) is 0 Å². The topological polar surface area (TPSA) is 29.3 Å². The SMILES string of the molecule is CCCSN1CCCC(CN)C1. The van der Waals surface area contributed by atoms with Crippen LogP contribution in [-0.4, -0.2) is 29.7 Å². The minimum absolute atomic E-state index is 0.753. The summed E-state index contributed by atoms with van der Waals surface area (Å²) in [4.78, 5) is 0. The van der Waals surface area contributed by atoms with Crippen molar-refractivity contribution in [1.82, 2.24) is 4.31 Å². The molecule has 1 saturated heterocycles. The molecule has 1 unspecified atom stereocenters. The molecule has 0 bridgehead atoms. The average molecular weight is 188 g/mol. The van der Waals surface area contributed by atoms with Gasteiger partial charge in [-0.3, -0.25) is 4.31 Å². The molecule has 1 heterocycles. The summed E-state index contributed by atoms with van der Waals surface area (Å²) in [6.07, 6.45) is 3.94. The van der Waals surface area contributed by atoms with Crippen molar-refractivity contribution in [2.75, 3.05) is 25.4 Å². The van der Waals surface area contributed by atoms with E-state index in [0.29, 0.717) is 0 Å². The third-order valence-electron chi connectivity index (χ3n) is 2.29. The molecule has 72 valence electrons. The smallest absolute Gasteiger partial charge is 0.0130 e. The van der Waals surface area contributed by atoms with E-state index in [0.717, 1.165) is 12.5 Å². The van der Waals surface area contributed by atoms with E-state index in [-0.39, 0.29) is 0 Å². The lowest BCUT2D eigenvalue weighted by Gasteiger charge is -2.30. The molecule has 3 heteroatoms. The van der Waals surface area contributed by atoms with E-state index in [1.165, 1.54) is 38.1 Å². The number of piperidine rings is 1. The van der Waals surface area contributed by atoms with E-state index in [1.54, 1.807) is 0 Å². The normalized spacial score (nSPS) is 26.0. The van der Waals surface area contributed by atoms with Gasteiger partial charge in [0.05, 0.1) is 0 Å².